The Morgan fingerprint density at radius 3 is 2.60 bits per heavy atom. The van der Waals surface area contributed by atoms with Crippen molar-refractivity contribution in [3.05, 3.63) is 42.1 Å². The highest BCUT2D eigenvalue weighted by molar-refractivity contribution is 5.83. The van der Waals surface area contributed by atoms with Crippen LogP contribution in [-0.4, -0.2) is 20.1 Å². The fraction of sp³-hybridized carbons (Fsp3) is 0.294. The van der Waals surface area contributed by atoms with Crippen LogP contribution < -0.4 is 4.90 Å². The summed E-state index contributed by atoms with van der Waals surface area (Å²) in [5.74, 6) is 0.321. The van der Waals surface area contributed by atoms with Crippen LogP contribution in [0.5, 0.6) is 0 Å². The molecule has 1 rings (SSSR count). The summed E-state index contributed by atoms with van der Waals surface area (Å²) in [6, 6.07) is 3.84. The molecule has 0 radical (unpaired) electrons. The molecule has 0 saturated carbocycles. The zero-order valence-electron chi connectivity index (χ0n) is 12.5. The van der Waals surface area contributed by atoms with E-state index < -0.39 is 0 Å². The molecule has 0 aliphatic heterocycles. The van der Waals surface area contributed by atoms with Gasteiger partial charge in [-0.2, -0.15) is 0 Å². The van der Waals surface area contributed by atoms with Crippen LogP contribution in [0.3, 0.4) is 0 Å². The maximum Gasteiger partial charge on any atom is 0.165 e. The molecule has 3 nitrogen and oxygen atoms in total. The molecule has 0 amide bonds. The predicted octanol–water partition coefficient (Wildman–Crippen LogP) is 4.32. The second kappa shape index (κ2) is 6.85. The van der Waals surface area contributed by atoms with E-state index in [0.717, 1.165) is 35.2 Å². The third-order valence-corrected chi connectivity index (χ3v) is 3.65. The molecule has 0 bridgehead atoms. The van der Waals surface area contributed by atoms with E-state index in [-0.39, 0.29) is 0 Å². The molecular weight excluding hydrogens is 248 g/mol. The van der Waals surface area contributed by atoms with E-state index in [1.54, 1.807) is 11.0 Å². The topological polar surface area (TPSA) is 32.7 Å². The molecule has 3 heteroatoms. The lowest BCUT2D eigenvalue weighted by atomic mass is 9.90. The Labute approximate surface area is 121 Å². The first-order valence-electron chi connectivity index (χ1n) is 6.65. The number of hydrogen-bond acceptors (Lipinski definition) is 3. The van der Waals surface area contributed by atoms with Gasteiger partial charge in [-0.3, -0.25) is 9.79 Å². The molecule has 20 heavy (non-hydrogen) atoms. The van der Waals surface area contributed by atoms with E-state index in [4.69, 9.17) is 0 Å². The molecule has 1 unspecified atom stereocenters. The van der Waals surface area contributed by atoms with Crippen LogP contribution in [0.1, 0.15) is 37.3 Å². The minimum absolute atomic E-state index is 0.321. The molecule has 1 atom stereocenters. The number of hydrogen-bond donors (Lipinski definition) is 0. The Kier molecular flexibility index (Phi) is 5.44. The van der Waals surface area contributed by atoms with Gasteiger partial charge in [-0.05, 0) is 36.8 Å². The van der Waals surface area contributed by atoms with Gasteiger partial charge in [0.1, 0.15) is 0 Å². The van der Waals surface area contributed by atoms with Gasteiger partial charge in [-0.15, -0.1) is 0 Å². The minimum atomic E-state index is 0.321. The Balaban J connectivity index is 3.59. The largest absolute Gasteiger partial charge is 0.342 e. The van der Waals surface area contributed by atoms with Crippen LogP contribution >= 0.6 is 0 Å². The minimum Gasteiger partial charge on any atom is -0.342 e. The second-order valence-electron chi connectivity index (χ2n) is 4.77. The van der Waals surface area contributed by atoms with E-state index in [0.29, 0.717) is 11.6 Å². The van der Waals surface area contributed by atoms with Crippen molar-refractivity contribution in [2.45, 2.75) is 26.2 Å². The molecule has 0 aromatic heterocycles. The molecule has 0 fully saturated rings. The number of nitrogens with zero attached hydrogens (tertiary/aromatic N) is 2. The first kappa shape index (κ1) is 15.9. The number of carbonyl (C=O) groups is 1. The summed E-state index contributed by atoms with van der Waals surface area (Å²) in [5, 5.41) is 0. The van der Waals surface area contributed by atoms with Crippen molar-refractivity contribution in [1.29, 1.82) is 0 Å². The number of benzene rings is 1. The van der Waals surface area contributed by atoms with E-state index in [2.05, 4.69) is 38.7 Å². The van der Waals surface area contributed by atoms with Crippen molar-refractivity contribution in [3.63, 3.8) is 0 Å². The van der Waals surface area contributed by atoms with Gasteiger partial charge >= 0.3 is 0 Å². The highest BCUT2D eigenvalue weighted by Gasteiger charge is 2.19. The van der Waals surface area contributed by atoms with Crippen molar-refractivity contribution in [1.82, 2.24) is 0 Å². The van der Waals surface area contributed by atoms with Crippen molar-refractivity contribution < 1.29 is 4.79 Å². The van der Waals surface area contributed by atoms with Gasteiger partial charge in [0, 0.05) is 18.3 Å². The lowest BCUT2D eigenvalue weighted by molar-refractivity contribution is -0.104. The summed E-state index contributed by atoms with van der Waals surface area (Å²) in [5.41, 5.74) is 4.28. The predicted molar refractivity (Wildman–Crippen MR) is 88.1 cm³/mol. The monoisotopic (exact) mass is 270 g/mol. The van der Waals surface area contributed by atoms with Gasteiger partial charge in [0.15, 0.2) is 6.29 Å². The maximum atomic E-state index is 11.0. The summed E-state index contributed by atoms with van der Waals surface area (Å²) < 4.78 is 0. The molecule has 0 aliphatic carbocycles. The summed E-state index contributed by atoms with van der Waals surface area (Å²) in [4.78, 5) is 16.8. The Bertz CT molecular complexity index is 546. The molecular formula is C17H22N2O. The van der Waals surface area contributed by atoms with Gasteiger partial charge in [-0.25, -0.2) is 0 Å². The second-order valence-corrected chi connectivity index (χ2v) is 4.77. The first-order valence-corrected chi connectivity index (χ1v) is 6.65. The number of allylic oxidation sites excluding steroid dienone is 1. The lowest BCUT2D eigenvalue weighted by Gasteiger charge is -2.26. The van der Waals surface area contributed by atoms with E-state index in [1.165, 1.54) is 0 Å². The van der Waals surface area contributed by atoms with Crippen molar-refractivity contribution in [2.24, 2.45) is 4.99 Å². The fourth-order valence-electron chi connectivity index (χ4n) is 2.21. The average Bonchev–Trinajstić information content (AvgIpc) is 2.50. The van der Waals surface area contributed by atoms with Crippen LogP contribution in [0.2, 0.25) is 0 Å². The summed E-state index contributed by atoms with van der Waals surface area (Å²) >= 11 is 0. The standard InChI is InChI=1S/C17H22N2O/c1-7-12(3)17-14(8-2)15(18-5)9-10-16(17)19(6)13(4)11-20/h8-12H,2,4-5,7H2,1,3,6H3. The van der Waals surface area contributed by atoms with Crippen LogP contribution in [-0.2, 0) is 4.79 Å². The number of likely N-dealkylation sites (N-methyl/N-ethyl adjacent to an activating group) is 1. The first-order chi connectivity index (χ1) is 9.51. The van der Waals surface area contributed by atoms with Gasteiger partial charge in [0.05, 0.1) is 11.4 Å². The van der Waals surface area contributed by atoms with Gasteiger partial charge in [-0.1, -0.05) is 33.1 Å². The highest BCUT2D eigenvalue weighted by Crippen LogP contribution is 2.38. The summed E-state index contributed by atoms with van der Waals surface area (Å²) in [6.07, 6.45) is 3.54. The number of carbonyl (C=O) groups excluding carboxylic acids is 1. The third kappa shape index (κ3) is 2.87. The number of rotatable bonds is 7. The van der Waals surface area contributed by atoms with Gasteiger partial charge in [0.25, 0.3) is 0 Å². The van der Waals surface area contributed by atoms with Gasteiger partial charge < -0.3 is 4.90 Å². The maximum absolute atomic E-state index is 11.0. The van der Waals surface area contributed by atoms with Gasteiger partial charge in [0.2, 0.25) is 0 Å². The molecule has 0 heterocycles. The Morgan fingerprint density at radius 1 is 1.50 bits per heavy atom. The number of aldehydes is 1. The smallest absolute Gasteiger partial charge is 0.165 e. The number of aliphatic imine (C=N–C) groups is 1. The lowest BCUT2D eigenvalue weighted by Crippen LogP contribution is -2.19. The molecule has 0 saturated heterocycles. The number of anilines is 1. The van der Waals surface area contributed by atoms with Crippen LogP contribution in [0.4, 0.5) is 11.4 Å². The molecule has 0 N–H and O–H groups in total. The van der Waals surface area contributed by atoms with Crippen LogP contribution in [0, 0.1) is 0 Å². The highest BCUT2D eigenvalue weighted by atomic mass is 16.1. The molecule has 1 aromatic rings. The normalized spacial score (nSPS) is 11.6. The van der Waals surface area contributed by atoms with Crippen LogP contribution in [0.25, 0.3) is 6.08 Å². The molecule has 0 aliphatic rings. The van der Waals surface area contributed by atoms with E-state index in [1.807, 2.05) is 19.2 Å². The Hall–Kier alpha value is -2.16. The summed E-state index contributed by atoms with van der Waals surface area (Å²) in [7, 11) is 1.84. The molecule has 1 aromatic carbocycles. The van der Waals surface area contributed by atoms with Crippen molar-refractivity contribution in [2.75, 3.05) is 11.9 Å². The zero-order chi connectivity index (χ0) is 15.3. The van der Waals surface area contributed by atoms with Crippen LogP contribution in [0.15, 0.2) is 36.0 Å². The van der Waals surface area contributed by atoms with E-state index in [9.17, 15) is 4.79 Å². The molecule has 0 spiro atoms. The van der Waals surface area contributed by atoms with Crippen molar-refractivity contribution >= 4 is 30.5 Å². The third-order valence-electron chi connectivity index (χ3n) is 3.65. The quantitative estimate of drug-likeness (QED) is 0.420. The SMILES string of the molecule is C=Cc1c(N=C)ccc(N(C)C(=C)C=O)c1C(C)CC. The molecule has 106 valence electrons. The average molecular weight is 270 g/mol. The zero-order valence-corrected chi connectivity index (χ0v) is 12.5. The Morgan fingerprint density at radius 2 is 2.15 bits per heavy atom. The summed E-state index contributed by atoms with van der Waals surface area (Å²) in [6.45, 7) is 15.5. The van der Waals surface area contributed by atoms with E-state index >= 15 is 0 Å². The fourth-order valence-corrected chi connectivity index (χ4v) is 2.21. The van der Waals surface area contributed by atoms with Crippen molar-refractivity contribution in [3.8, 4) is 0 Å².